The number of nitrogens with zero attached hydrogens (tertiary/aromatic N) is 1. The van der Waals surface area contributed by atoms with Crippen molar-refractivity contribution in [2.24, 2.45) is 11.8 Å². The summed E-state index contributed by atoms with van der Waals surface area (Å²) >= 11 is 0. The van der Waals surface area contributed by atoms with Crippen molar-refractivity contribution in [1.29, 1.82) is 0 Å². The number of carbonyl (C=O) groups is 3. The Kier molecular flexibility index (Phi) is 7.95. The highest BCUT2D eigenvalue weighted by molar-refractivity contribution is 5.87. The number of fused-ring (bicyclic) bond motifs is 1. The SMILES string of the molecule is CC(C)(C)OC(=O)NCC1CCN(C(=O)C[C@@H](Cc2cccc3ccccc23)C(=O)O)CC1. The van der Waals surface area contributed by atoms with Gasteiger partial charge in [0, 0.05) is 26.1 Å². The van der Waals surface area contributed by atoms with Crippen LogP contribution in [0, 0.1) is 11.8 Å². The smallest absolute Gasteiger partial charge is 0.407 e. The number of amides is 2. The van der Waals surface area contributed by atoms with Gasteiger partial charge in [-0.3, -0.25) is 9.59 Å². The van der Waals surface area contributed by atoms with Crippen LogP contribution in [0.25, 0.3) is 10.8 Å². The van der Waals surface area contributed by atoms with Crippen LogP contribution in [0.4, 0.5) is 4.79 Å². The number of carboxylic acid groups (broad SMARTS) is 1. The van der Waals surface area contributed by atoms with E-state index in [1.54, 1.807) is 4.90 Å². The molecule has 1 aliphatic rings. The Morgan fingerprint density at radius 2 is 1.76 bits per heavy atom. The lowest BCUT2D eigenvalue weighted by molar-refractivity contribution is -0.146. The first-order chi connectivity index (χ1) is 15.6. The van der Waals surface area contributed by atoms with Crippen molar-refractivity contribution in [3.05, 3.63) is 48.0 Å². The molecule has 3 rings (SSSR count). The third-order valence-corrected chi connectivity index (χ3v) is 6.02. The molecule has 2 aromatic carbocycles. The maximum Gasteiger partial charge on any atom is 0.407 e. The second-order valence-corrected chi connectivity index (χ2v) is 9.79. The molecule has 0 radical (unpaired) electrons. The normalized spacial score (nSPS) is 15.8. The van der Waals surface area contributed by atoms with E-state index >= 15 is 0 Å². The van der Waals surface area contributed by atoms with Gasteiger partial charge in [-0.25, -0.2) is 4.79 Å². The Bertz CT molecular complexity index is 984. The molecular formula is C26H34N2O5. The second-order valence-electron chi connectivity index (χ2n) is 9.79. The van der Waals surface area contributed by atoms with E-state index in [1.165, 1.54) is 0 Å². The molecule has 1 saturated heterocycles. The zero-order valence-corrected chi connectivity index (χ0v) is 19.7. The first kappa shape index (κ1) is 24.6. The van der Waals surface area contributed by atoms with Crippen LogP contribution in [0.2, 0.25) is 0 Å². The van der Waals surface area contributed by atoms with E-state index in [-0.39, 0.29) is 18.2 Å². The van der Waals surface area contributed by atoms with E-state index in [0.717, 1.165) is 29.2 Å². The highest BCUT2D eigenvalue weighted by Gasteiger charge is 2.28. The van der Waals surface area contributed by atoms with Gasteiger partial charge in [-0.15, -0.1) is 0 Å². The number of nitrogens with one attached hydrogen (secondary N) is 1. The van der Waals surface area contributed by atoms with Gasteiger partial charge in [-0.2, -0.15) is 0 Å². The standard InChI is InChI=1S/C26H34N2O5/c1-26(2,3)33-25(32)27-17-18-11-13-28(14-12-18)23(29)16-21(24(30)31)15-20-9-6-8-19-7-4-5-10-22(19)20/h4-10,18,21H,11-17H2,1-3H3,(H,27,32)(H,30,31)/t21-/m1/s1. The summed E-state index contributed by atoms with van der Waals surface area (Å²) in [6.45, 7) is 7.11. The molecule has 0 aromatic heterocycles. The summed E-state index contributed by atoms with van der Waals surface area (Å²) in [7, 11) is 0. The number of alkyl carbamates (subject to hydrolysis) is 1. The van der Waals surface area contributed by atoms with Crippen LogP contribution in [-0.4, -0.2) is 53.2 Å². The third kappa shape index (κ3) is 7.20. The van der Waals surface area contributed by atoms with Crippen molar-refractivity contribution in [2.45, 2.75) is 52.1 Å². The van der Waals surface area contributed by atoms with Gasteiger partial charge >= 0.3 is 12.1 Å². The first-order valence-electron chi connectivity index (χ1n) is 11.6. The number of carbonyl (C=O) groups excluding carboxylic acids is 2. The Morgan fingerprint density at radius 1 is 1.09 bits per heavy atom. The largest absolute Gasteiger partial charge is 0.481 e. The van der Waals surface area contributed by atoms with Crippen LogP contribution in [0.3, 0.4) is 0 Å². The lowest BCUT2D eigenvalue weighted by Gasteiger charge is -2.33. The number of piperidine rings is 1. The fourth-order valence-electron chi connectivity index (χ4n) is 4.25. The van der Waals surface area contributed by atoms with Crippen LogP contribution in [-0.2, 0) is 20.7 Å². The fourth-order valence-corrected chi connectivity index (χ4v) is 4.25. The predicted molar refractivity (Wildman–Crippen MR) is 127 cm³/mol. The minimum atomic E-state index is -0.951. The van der Waals surface area contributed by atoms with Gasteiger partial charge in [0.15, 0.2) is 0 Å². The first-order valence-corrected chi connectivity index (χ1v) is 11.6. The number of aliphatic carboxylic acids is 1. The van der Waals surface area contributed by atoms with Crippen LogP contribution in [0.1, 0.15) is 45.6 Å². The van der Waals surface area contributed by atoms with E-state index < -0.39 is 23.6 Å². The van der Waals surface area contributed by atoms with E-state index in [2.05, 4.69) is 5.32 Å². The molecule has 2 N–H and O–H groups in total. The van der Waals surface area contributed by atoms with Gasteiger partial charge in [0.25, 0.3) is 0 Å². The van der Waals surface area contributed by atoms with Gasteiger partial charge in [0.05, 0.1) is 5.92 Å². The number of carboxylic acids is 1. The number of ether oxygens (including phenoxy) is 1. The quantitative estimate of drug-likeness (QED) is 0.653. The molecule has 7 nitrogen and oxygen atoms in total. The monoisotopic (exact) mass is 454 g/mol. The van der Waals surface area contributed by atoms with Crippen LogP contribution in [0.5, 0.6) is 0 Å². The summed E-state index contributed by atoms with van der Waals surface area (Å²) in [6.07, 6.45) is 1.40. The molecule has 33 heavy (non-hydrogen) atoms. The summed E-state index contributed by atoms with van der Waals surface area (Å²) in [5.41, 5.74) is 0.410. The Balaban J connectivity index is 1.51. The Hall–Kier alpha value is -3.09. The average molecular weight is 455 g/mol. The molecule has 2 amide bonds. The van der Waals surface area contributed by atoms with Crippen LogP contribution >= 0.6 is 0 Å². The molecule has 0 saturated carbocycles. The zero-order valence-electron chi connectivity index (χ0n) is 19.7. The maximum atomic E-state index is 12.9. The molecule has 0 bridgehead atoms. The number of hydrogen-bond acceptors (Lipinski definition) is 4. The molecule has 1 fully saturated rings. The molecule has 0 unspecified atom stereocenters. The average Bonchev–Trinajstić information content (AvgIpc) is 2.76. The molecule has 0 aliphatic carbocycles. The third-order valence-electron chi connectivity index (χ3n) is 6.02. The van der Waals surface area contributed by atoms with Crippen molar-refractivity contribution < 1.29 is 24.2 Å². The lowest BCUT2D eigenvalue weighted by Crippen LogP contribution is -2.43. The minimum absolute atomic E-state index is 0.0145. The predicted octanol–water partition coefficient (Wildman–Crippen LogP) is 4.24. The molecule has 178 valence electrons. The number of rotatable bonds is 7. The number of benzene rings is 2. The fraction of sp³-hybridized carbons (Fsp3) is 0.500. The summed E-state index contributed by atoms with van der Waals surface area (Å²) in [6, 6.07) is 13.7. The van der Waals surface area contributed by atoms with Gasteiger partial charge in [0.2, 0.25) is 5.91 Å². The van der Waals surface area contributed by atoms with E-state index in [4.69, 9.17) is 4.74 Å². The van der Waals surface area contributed by atoms with Crippen LogP contribution < -0.4 is 5.32 Å². The summed E-state index contributed by atoms with van der Waals surface area (Å²) < 4.78 is 5.26. The molecule has 1 atom stereocenters. The number of likely N-dealkylation sites (tertiary alicyclic amines) is 1. The van der Waals surface area contributed by atoms with Gasteiger partial charge < -0.3 is 20.1 Å². The molecule has 2 aromatic rings. The summed E-state index contributed by atoms with van der Waals surface area (Å²) in [4.78, 5) is 38.4. The van der Waals surface area contributed by atoms with Crippen molar-refractivity contribution in [3.8, 4) is 0 Å². The van der Waals surface area contributed by atoms with Gasteiger partial charge in [0.1, 0.15) is 5.60 Å². The van der Waals surface area contributed by atoms with Gasteiger partial charge in [-0.05, 0) is 62.3 Å². The summed E-state index contributed by atoms with van der Waals surface area (Å²) in [5.74, 6) is -1.57. The van der Waals surface area contributed by atoms with Crippen LogP contribution in [0.15, 0.2) is 42.5 Å². The highest BCUT2D eigenvalue weighted by Crippen LogP contribution is 2.24. The van der Waals surface area contributed by atoms with Crippen molar-refractivity contribution in [3.63, 3.8) is 0 Å². The lowest BCUT2D eigenvalue weighted by atomic mass is 9.91. The van der Waals surface area contributed by atoms with E-state index in [0.29, 0.717) is 26.1 Å². The minimum Gasteiger partial charge on any atom is -0.481 e. The zero-order chi connectivity index (χ0) is 24.0. The second kappa shape index (κ2) is 10.7. The topological polar surface area (TPSA) is 95.9 Å². The van der Waals surface area contributed by atoms with Gasteiger partial charge in [-0.1, -0.05) is 42.5 Å². The van der Waals surface area contributed by atoms with Crippen molar-refractivity contribution in [2.75, 3.05) is 19.6 Å². The van der Waals surface area contributed by atoms with E-state index in [9.17, 15) is 19.5 Å². The highest BCUT2D eigenvalue weighted by atomic mass is 16.6. The Labute approximate surface area is 195 Å². The van der Waals surface area contributed by atoms with E-state index in [1.807, 2.05) is 63.2 Å². The molecule has 1 aliphatic heterocycles. The molecular weight excluding hydrogens is 420 g/mol. The van der Waals surface area contributed by atoms with Crippen molar-refractivity contribution in [1.82, 2.24) is 10.2 Å². The van der Waals surface area contributed by atoms with Crippen molar-refractivity contribution >= 4 is 28.7 Å². The molecule has 1 heterocycles. The number of hydrogen-bond donors (Lipinski definition) is 2. The molecule has 7 heteroatoms. The Morgan fingerprint density at radius 3 is 2.42 bits per heavy atom. The summed E-state index contributed by atoms with van der Waals surface area (Å²) in [5, 5.41) is 14.7. The maximum absolute atomic E-state index is 12.9. The molecule has 0 spiro atoms.